The van der Waals surface area contributed by atoms with Gasteiger partial charge in [0.15, 0.2) is 5.76 Å². The van der Waals surface area contributed by atoms with Gasteiger partial charge in [-0.1, -0.05) is 53.0 Å². The van der Waals surface area contributed by atoms with Gasteiger partial charge in [0.1, 0.15) is 6.54 Å². The molecule has 2 rings (SSSR count). The van der Waals surface area contributed by atoms with E-state index in [9.17, 15) is 4.79 Å². The van der Waals surface area contributed by atoms with Gasteiger partial charge in [-0.2, -0.15) is 0 Å². The lowest BCUT2D eigenvalue weighted by molar-refractivity contribution is -0.708. The lowest BCUT2D eigenvalue weighted by atomic mass is 10.2. The van der Waals surface area contributed by atoms with Crippen molar-refractivity contribution in [1.82, 2.24) is 5.32 Å². The summed E-state index contributed by atoms with van der Waals surface area (Å²) in [6, 6.07) is 12.3. The van der Waals surface area contributed by atoms with Gasteiger partial charge in [-0.05, 0) is 24.3 Å². The number of carbonyl (C=O) groups is 1. The van der Waals surface area contributed by atoms with Crippen LogP contribution in [0.5, 0.6) is 0 Å². The van der Waals surface area contributed by atoms with Crippen molar-refractivity contribution in [1.29, 1.82) is 0 Å². The Balaban J connectivity index is 2.01. The number of alkyl halides is 3. The van der Waals surface area contributed by atoms with Crippen molar-refractivity contribution in [2.45, 2.75) is 16.5 Å². The van der Waals surface area contributed by atoms with Crippen molar-refractivity contribution >= 4 is 40.7 Å². The fraction of sp³-hybridized carbons (Fsp3) is 0.214. The molecular weight excluding hydrogens is 335 g/mol. The van der Waals surface area contributed by atoms with Crippen LogP contribution in [0.3, 0.4) is 0 Å². The molecular formula is C14H14Cl3N2O2+. The average molecular weight is 349 g/mol. The third-order valence-electron chi connectivity index (χ3n) is 2.81. The highest BCUT2D eigenvalue weighted by Crippen LogP contribution is 2.27. The fourth-order valence-electron chi connectivity index (χ4n) is 1.75. The average Bonchev–Trinajstić information content (AvgIpc) is 2.96. The molecule has 7 heteroatoms. The molecule has 1 amide bonds. The standard InChI is InChI=1S/C14H13Cl3N2O2/c15-14(16,17)13(18-9-11-7-4-8-21-11)19-12(20)10-5-2-1-3-6-10/h1-8,13,18H,9H2,(H,19,20)/p+1/t13-/m0/s1. The van der Waals surface area contributed by atoms with Crippen LogP contribution in [0.1, 0.15) is 16.1 Å². The van der Waals surface area contributed by atoms with Gasteiger partial charge in [0.25, 0.3) is 9.70 Å². The maximum atomic E-state index is 12.1. The van der Waals surface area contributed by atoms with Gasteiger partial charge in [-0.25, -0.2) is 0 Å². The van der Waals surface area contributed by atoms with E-state index in [2.05, 4.69) is 5.32 Å². The van der Waals surface area contributed by atoms with Crippen molar-refractivity contribution in [2.24, 2.45) is 0 Å². The van der Waals surface area contributed by atoms with Crippen LogP contribution in [0.2, 0.25) is 0 Å². The van der Waals surface area contributed by atoms with E-state index in [1.807, 2.05) is 12.1 Å². The third-order valence-corrected chi connectivity index (χ3v) is 3.52. The lowest BCUT2D eigenvalue weighted by Gasteiger charge is -2.23. The third kappa shape index (κ3) is 4.93. The highest BCUT2D eigenvalue weighted by Gasteiger charge is 2.37. The molecule has 0 fully saturated rings. The summed E-state index contributed by atoms with van der Waals surface area (Å²) in [5.41, 5.74) is 0.503. The summed E-state index contributed by atoms with van der Waals surface area (Å²) in [5.74, 6) is 0.422. The van der Waals surface area contributed by atoms with Gasteiger partial charge < -0.3 is 9.73 Å². The Morgan fingerprint density at radius 1 is 1.19 bits per heavy atom. The fourth-order valence-corrected chi connectivity index (χ4v) is 2.18. The Hall–Kier alpha value is -1.20. The van der Waals surface area contributed by atoms with Crippen LogP contribution < -0.4 is 10.6 Å². The predicted octanol–water partition coefficient (Wildman–Crippen LogP) is 2.47. The van der Waals surface area contributed by atoms with Crippen LogP contribution in [-0.2, 0) is 6.54 Å². The number of nitrogens with two attached hydrogens (primary N) is 1. The number of hydrogen-bond acceptors (Lipinski definition) is 2. The lowest BCUT2D eigenvalue weighted by Crippen LogP contribution is -2.95. The first-order valence-electron chi connectivity index (χ1n) is 6.25. The van der Waals surface area contributed by atoms with Crippen LogP contribution in [0.4, 0.5) is 0 Å². The number of furan rings is 1. The van der Waals surface area contributed by atoms with E-state index in [0.29, 0.717) is 12.1 Å². The van der Waals surface area contributed by atoms with Crippen molar-refractivity contribution < 1.29 is 14.5 Å². The molecule has 1 aromatic carbocycles. The summed E-state index contributed by atoms with van der Waals surface area (Å²) in [4.78, 5) is 12.1. The first-order chi connectivity index (χ1) is 9.97. The van der Waals surface area contributed by atoms with E-state index < -0.39 is 9.96 Å². The van der Waals surface area contributed by atoms with Crippen molar-refractivity contribution in [3.8, 4) is 0 Å². The maximum Gasteiger partial charge on any atom is 0.262 e. The van der Waals surface area contributed by atoms with E-state index in [0.717, 1.165) is 5.76 Å². The zero-order chi connectivity index (χ0) is 15.3. The molecule has 1 heterocycles. The smallest absolute Gasteiger partial charge is 0.262 e. The second-order valence-corrected chi connectivity index (χ2v) is 6.75. The minimum Gasteiger partial charge on any atom is -0.463 e. The zero-order valence-corrected chi connectivity index (χ0v) is 13.2. The van der Waals surface area contributed by atoms with E-state index in [1.165, 1.54) is 0 Å². The summed E-state index contributed by atoms with van der Waals surface area (Å²) in [6.45, 7) is 0.445. The second-order valence-electron chi connectivity index (χ2n) is 4.38. The Kier molecular flexibility index (Phi) is 5.53. The molecule has 2 aromatic rings. The van der Waals surface area contributed by atoms with Crippen LogP contribution >= 0.6 is 34.8 Å². The van der Waals surface area contributed by atoms with Gasteiger partial charge in [0, 0.05) is 5.56 Å². The maximum absolute atomic E-state index is 12.1. The molecule has 0 bridgehead atoms. The van der Waals surface area contributed by atoms with E-state index in [-0.39, 0.29) is 5.91 Å². The summed E-state index contributed by atoms with van der Waals surface area (Å²) >= 11 is 17.8. The molecule has 0 aliphatic carbocycles. The highest BCUT2D eigenvalue weighted by molar-refractivity contribution is 6.68. The molecule has 1 atom stereocenters. The topological polar surface area (TPSA) is 58.9 Å². The van der Waals surface area contributed by atoms with Crippen LogP contribution in [0.25, 0.3) is 0 Å². The van der Waals surface area contributed by atoms with Gasteiger partial charge in [0.05, 0.1) is 6.26 Å². The molecule has 0 aliphatic rings. The van der Waals surface area contributed by atoms with Gasteiger partial charge in [0.2, 0.25) is 6.17 Å². The Morgan fingerprint density at radius 2 is 1.90 bits per heavy atom. The van der Waals surface area contributed by atoms with Crippen molar-refractivity contribution in [3.05, 3.63) is 60.1 Å². The predicted molar refractivity (Wildman–Crippen MR) is 82.3 cm³/mol. The van der Waals surface area contributed by atoms with Crippen molar-refractivity contribution in [3.63, 3.8) is 0 Å². The summed E-state index contributed by atoms with van der Waals surface area (Å²) in [6.07, 6.45) is 0.830. The molecule has 21 heavy (non-hydrogen) atoms. The Labute approximate surface area is 137 Å². The van der Waals surface area contributed by atoms with Gasteiger partial charge in [-0.15, -0.1) is 0 Å². The molecule has 0 unspecified atom stereocenters. The number of quaternary nitrogens is 1. The first kappa shape index (κ1) is 16.2. The van der Waals surface area contributed by atoms with Gasteiger partial charge >= 0.3 is 0 Å². The molecule has 0 spiro atoms. The SMILES string of the molecule is O=C(N[C@H]([NH2+]Cc1ccco1)C(Cl)(Cl)Cl)c1ccccc1. The monoisotopic (exact) mass is 347 g/mol. The number of nitrogens with one attached hydrogen (secondary N) is 1. The normalized spacial score (nSPS) is 12.9. The largest absolute Gasteiger partial charge is 0.463 e. The highest BCUT2D eigenvalue weighted by atomic mass is 35.6. The number of rotatable bonds is 5. The quantitative estimate of drug-likeness (QED) is 0.644. The minimum absolute atomic E-state index is 0.303. The molecule has 3 N–H and O–H groups in total. The summed E-state index contributed by atoms with van der Waals surface area (Å²) in [7, 11) is 0. The summed E-state index contributed by atoms with van der Waals surface area (Å²) < 4.78 is 3.57. The second kappa shape index (κ2) is 7.18. The molecule has 4 nitrogen and oxygen atoms in total. The van der Waals surface area contributed by atoms with Crippen LogP contribution in [0, 0.1) is 0 Å². The van der Waals surface area contributed by atoms with Crippen molar-refractivity contribution in [2.75, 3.05) is 0 Å². The van der Waals surface area contributed by atoms with E-state index >= 15 is 0 Å². The molecule has 0 saturated carbocycles. The van der Waals surface area contributed by atoms with Crippen LogP contribution in [-0.4, -0.2) is 15.9 Å². The Morgan fingerprint density at radius 3 is 2.48 bits per heavy atom. The number of benzene rings is 1. The first-order valence-corrected chi connectivity index (χ1v) is 7.38. The number of halogens is 3. The molecule has 0 aliphatic heterocycles. The van der Waals surface area contributed by atoms with Gasteiger partial charge in [-0.3, -0.25) is 10.1 Å². The zero-order valence-electron chi connectivity index (χ0n) is 10.9. The minimum atomic E-state index is -1.64. The van der Waals surface area contributed by atoms with Crippen LogP contribution in [0.15, 0.2) is 53.1 Å². The van der Waals surface area contributed by atoms with E-state index in [4.69, 9.17) is 39.2 Å². The molecule has 112 valence electrons. The number of carbonyl (C=O) groups excluding carboxylic acids is 1. The van der Waals surface area contributed by atoms with E-state index in [1.54, 1.807) is 41.9 Å². The molecule has 0 saturated heterocycles. The Bertz CT molecular complexity index is 568. The molecule has 1 aromatic heterocycles. The number of hydrogen-bond donors (Lipinski definition) is 2. The number of amides is 1. The molecule has 0 radical (unpaired) electrons. The summed E-state index contributed by atoms with van der Waals surface area (Å²) in [5, 5.41) is 4.40.